The van der Waals surface area contributed by atoms with Crippen LogP contribution in [0.2, 0.25) is 0 Å². The zero-order chi connectivity index (χ0) is 17.6. The third-order valence-corrected chi connectivity index (χ3v) is 4.41. The molecule has 1 aliphatic rings. The lowest BCUT2D eigenvalue weighted by atomic mass is 9.86. The van der Waals surface area contributed by atoms with E-state index in [0.29, 0.717) is 33.0 Å². The maximum atomic E-state index is 6.15. The van der Waals surface area contributed by atoms with Crippen molar-refractivity contribution in [3.05, 3.63) is 28.8 Å². The van der Waals surface area contributed by atoms with E-state index < -0.39 is 0 Å². The van der Waals surface area contributed by atoms with Crippen molar-refractivity contribution in [2.75, 3.05) is 46.6 Å². The van der Waals surface area contributed by atoms with Gasteiger partial charge in [-0.3, -0.25) is 0 Å². The van der Waals surface area contributed by atoms with Crippen molar-refractivity contribution in [1.29, 1.82) is 0 Å². The number of nitrogens with zero attached hydrogens (tertiary/aromatic N) is 2. The maximum absolute atomic E-state index is 6.15. The highest BCUT2D eigenvalue weighted by atomic mass is 16.6. The third-order valence-electron chi connectivity index (χ3n) is 4.41. The summed E-state index contributed by atoms with van der Waals surface area (Å²) < 4.78 is 17.0. The Labute approximate surface area is 145 Å². The monoisotopic (exact) mass is 334 g/mol. The van der Waals surface area contributed by atoms with Gasteiger partial charge in [0.15, 0.2) is 0 Å². The fourth-order valence-corrected chi connectivity index (χ4v) is 2.72. The summed E-state index contributed by atoms with van der Waals surface area (Å²) >= 11 is 0. The van der Waals surface area contributed by atoms with Gasteiger partial charge in [0.25, 0.3) is 0 Å². The molecule has 24 heavy (non-hydrogen) atoms. The van der Waals surface area contributed by atoms with Gasteiger partial charge in [0, 0.05) is 20.2 Å². The molecular weight excluding hydrogens is 304 g/mol. The van der Waals surface area contributed by atoms with Crippen LogP contribution in [-0.2, 0) is 19.8 Å². The van der Waals surface area contributed by atoms with E-state index in [9.17, 15) is 0 Å². The fourth-order valence-electron chi connectivity index (χ4n) is 2.72. The number of ether oxygens (including phenoxy) is 3. The van der Waals surface area contributed by atoms with Gasteiger partial charge in [-0.15, -0.1) is 0 Å². The summed E-state index contributed by atoms with van der Waals surface area (Å²) in [6.07, 6.45) is 1.88. The molecule has 0 saturated carbocycles. The Morgan fingerprint density at radius 1 is 1.21 bits per heavy atom. The second kappa shape index (κ2) is 8.60. The van der Waals surface area contributed by atoms with Crippen LogP contribution in [0.25, 0.3) is 0 Å². The standard InChI is InChI=1S/C19H30N2O3/c1-6-21(5)14-20-18-11-15(3)17(10-16(18)4)19(12-23-13-19)24-9-8-22-7-2/h10-11,14H,6-9,12-13H2,1-5H3. The number of rotatable bonds is 9. The third kappa shape index (κ3) is 4.35. The number of aliphatic imine (C=N–C) groups is 1. The van der Waals surface area contributed by atoms with Gasteiger partial charge in [0.1, 0.15) is 5.60 Å². The van der Waals surface area contributed by atoms with E-state index in [4.69, 9.17) is 14.2 Å². The Bertz CT molecular complexity index is 568. The Kier molecular flexibility index (Phi) is 6.78. The Morgan fingerprint density at radius 3 is 2.54 bits per heavy atom. The molecule has 0 unspecified atom stereocenters. The van der Waals surface area contributed by atoms with Gasteiger partial charge in [0.05, 0.1) is 38.5 Å². The van der Waals surface area contributed by atoms with Gasteiger partial charge in [-0.1, -0.05) is 6.07 Å². The van der Waals surface area contributed by atoms with Crippen molar-refractivity contribution in [3.8, 4) is 0 Å². The molecule has 0 N–H and O–H groups in total. The molecule has 5 nitrogen and oxygen atoms in total. The molecule has 0 amide bonds. The lowest BCUT2D eigenvalue weighted by Gasteiger charge is -2.42. The highest BCUT2D eigenvalue weighted by molar-refractivity contribution is 5.64. The summed E-state index contributed by atoms with van der Waals surface area (Å²) in [6.45, 7) is 12.3. The molecular formula is C19H30N2O3. The minimum absolute atomic E-state index is 0.339. The van der Waals surface area contributed by atoms with Gasteiger partial charge >= 0.3 is 0 Å². The molecule has 0 radical (unpaired) electrons. The first-order valence-corrected chi connectivity index (χ1v) is 8.68. The molecule has 1 saturated heterocycles. The van der Waals surface area contributed by atoms with Gasteiger partial charge in [0.2, 0.25) is 0 Å². The summed E-state index contributed by atoms with van der Waals surface area (Å²) in [5.41, 5.74) is 4.20. The minimum Gasteiger partial charge on any atom is -0.379 e. The van der Waals surface area contributed by atoms with Crippen LogP contribution < -0.4 is 0 Å². The number of aryl methyl sites for hydroxylation is 2. The first-order chi connectivity index (χ1) is 11.5. The van der Waals surface area contributed by atoms with Crippen LogP contribution in [0.1, 0.15) is 30.5 Å². The largest absolute Gasteiger partial charge is 0.379 e. The van der Waals surface area contributed by atoms with Crippen LogP contribution >= 0.6 is 0 Å². The van der Waals surface area contributed by atoms with Gasteiger partial charge < -0.3 is 19.1 Å². The first kappa shape index (κ1) is 18.9. The molecule has 0 aliphatic carbocycles. The Morgan fingerprint density at radius 2 is 1.96 bits per heavy atom. The molecule has 0 spiro atoms. The molecule has 134 valence electrons. The van der Waals surface area contributed by atoms with E-state index in [1.54, 1.807) is 0 Å². The second-order valence-electron chi connectivity index (χ2n) is 6.30. The van der Waals surface area contributed by atoms with Crippen molar-refractivity contribution in [2.45, 2.75) is 33.3 Å². The van der Waals surface area contributed by atoms with Crippen molar-refractivity contribution in [1.82, 2.24) is 4.90 Å². The van der Waals surface area contributed by atoms with Crippen LogP contribution in [0.15, 0.2) is 17.1 Å². The van der Waals surface area contributed by atoms with Crippen molar-refractivity contribution in [3.63, 3.8) is 0 Å². The predicted molar refractivity (Wildman–Crippen MR) is 97.3 cm³/mol. The molecule has 5 heteroatoms. The fraction of sp³-hybridized carbons (Fsp3) is 0.632. The first-order valence-electron chi connectivity index (χ1n) is 8.68. The summed E-state index contributed by atoms with van der Waals surface area (Å²) in [7, 11) is 2.02. The van der Waals surface area contributed by atoms with Crippen LogP contribution in [0.4, 0.5) is 5.69 Å². The number of hydrogen-bond donors (Lipinski definition) is 0. The molecule has 0 bridgehead atoms. The van der Waals surface area contributed by atoms with E-state index in [0.717, 1.165) is 17.8 Å². The van der Waals surface area contributed by atoms with Gasteiger partial charge in [-0.2, -0.15) is 0 Å². The maximum Gasteiger partial charge on any atom is 0.140 e. The Balaban J connectivity index is 2.17. The van der Waals surface area contributed by atoms with Crippen molar-refractivity contribution < 1.29 is 14.2 Å². The number of benzene rings is 1. The van der Waals surface area contributed by atoms with E-state index in [1.807, 2.05) is 20.3 Å². The molecule has 1 aliphatic heterocycles. The summed E-state index contributed by atoms with van der Waals surface area (Å²) in [4.78, 5) is 6.66. The van der Waals surface area contributed by atoms with E-state index >= 15 is 0 Å². The lowest BCUT2D eigenvalue weighted by Crippen LogP contribution is -2.50. The second-order valence-corrected chi connectivity index (χ2v) is 6.30. The van der Waals surface area contributed by atoms with E-state index in [2.05, 4.69) is 42.8 Å². The van der Waals surface area contributed by atoms with Crippen molar-refractivity contribution in [2.24, 2.45) is 4.99 Å². The average molecular weight is 334 g/mol. The lowest BCUT2D eigenvalue weighted by molar-refractivity contribution is -0.221. The van der Waals surface area contributed by atoms with E-state index in [1.165, 1.54) is 11.1 Å². The van der Waals surface area contributed by atoms with Gasteiger partial charge in [-0.25, -0.2) is 4.99 Å². The van der Waals surface area contributed by atoms with Crippen LogP contribution in [-0.4, -0.2) is 57.9 Å². The molecule has 0 aromatic heterocycles. The van der Waals surface area contributed by atoms with Crippen molar-refractivity contribution >= 4 is 12.0 Å². The molecule has 1 aromatic carbocycles. The molecule has 1 heterocycles. The summed E-state index contributed by atoms with van der Waals surface area (Å²) in [6, 6.07) is 4.33. The van der Waals surface area contributed by atoms with Gasteiger partial charge in [-0.05, 0) is 50.5 Å². The van der Waals surface area contributed by atoms with Crippen LogP contribution in [0.3, 0.4) is 0 Å². The smallest absolute Gasteiger partial charge is 0.140 e. The summed E-state index contributed by atoms with van der Waals surface area (Å²) in [5.74, 6) is 0. The minimum atomic E-state index is -0.339. The highest BCUT2D eigenvalue weighted by Gasteiger charge is 2.42. The quantitative estimate of drug-likeness (QED) is 0.395. The van der Waals surface area contributed by atoms with E-state index in [-0.39, 0.29) is 5.60 Å². The average Bonchev–Trinajstić information content (AvgIpc) is 2.54. The SMILES string of the molecule is CCOCCOC1(c2cc(C)c(N=CN(C)CC)cc2C)COC1. The zero-order valence-corrected chi connectivity index (χ0v) is 15.6. The molecule has 1 fully saturated rings. The molecule has 1 aromatic rings. The highest BCUT2D eigenvalue weighted by Crippen LogP contribution is 2.38. The van der Waals surface area contributed by atoms with Crippen LogP contribution in [0, 0.1) is 13.8 Å². The zero-order valence-electron chi connectivity index (χ0n) is 15.6. The molecule has 0 atom stereocenters. The Hall–Kier alpha value is -1.43. The van der Waals surface area contributed by atoms with Crippen LogP contribution in [0.5, 0.6) is 0 Å². The number of hydrogen-bond acceptors (Lipinski definition) is 4. The molecule has 2 rings (SSSR count). The normalized spacial score (nSPS) is 16.4. The topological polar surface area (TPSA) is 43.3 Å². The predicted octanol–water partition coefficient (Wildman–Crippen LogP) is 3.19. The summed E-state index contributed by atoms with van der Waals surface area (Å²) in [5, 5.41) is 0.